The molecule has 4 nitrogen and oxygen atoms in total. The van der Waals surface area contributed by atoms with E-state index in [0.29, 0.717) is 0 Å². The first-order chi connectivity index (χ1) is 10.8. The van der Waals surface area contributed by atoms with Gasteiger partial charge in [0.1, 0.15) is 0 Å². The van der Waals surface area contributed by atoms with Crippen molar-refractivity contribution >= 4 is 40.7 Å². The highest BCUT2D eigenvalue weighted by atomic mass is 35.5. The summed E-state index contributed by atoms with van der Waals surface area (Å²) < 4.78 is 2.18. The zero-order valence-corrected chi connectivity index (χ0v) is 14.2. The van der Waals surface area contributed by atoms with E-state index in [2.05, 4.69) is 50.0 Å². The van der Waals surface area contributed by atoms with E-state index in [-0.39, 0.29) is 12.4 Å². The topological polar surface area (TPSA) is 24.3 Å². The van der Waals surface area contributed by atoms with Gasteiger partial charge in [-0.3, -0.25) is 0 Å². The van der Waals surface area contributed by atoms with E-state index in [0.717, 1.165) is 36.8 Å². The third kappa shape index (κ3) is 3.09. The van der Waals surface area contributed by atoms with Gasteiger partial charge in [-0.1, -0.05) is 11.6 Å². The standard InChI is InChI=1S/C17H17ClN4.ClH/c18-15-3-5-16(6-4-15)20-10-12-21(13-11-20)22-9-7-14-2-1-8-19-17(14)22;/h1-9H,10-13H2;1H. The third-order valence-electron chi connectivity index (χ3n) is 4.18. The van der Waals surface area contributed by atoms with Crippen LogP contribution in [0.4, 0.5) is 5.69 Å². The highest BCUT2D eigenvalue weighted by molar-refractivity contribution is 6.30. The summed E-state index contributed by atoms with van der Waals surface area (Å²) in [5.74, 6) is 0. The predicted molar refractivity (Wildman–Crippen MR) is 98.6 cm³/mol. The lowest BCUT2D eigenvalue weighted by Crippen LogP contribution is -2.51. The molecule has 120 valence electrons. The molecule has 0 unspecified atom stereocenters. The van der Waals surface area contributed by atoms with E-state index in [1.54, 1.807) is 0 Å². The lowest BCUT2D eigenvalue weighted by Gasteiger charge is -2.37. The molecule has 0 saturated carbocycles. The lowest BCUT2D eigenvalue weighted by atomic mass is 10.2. The van der Waals surface area contributed by atoms with Crippen molar-refractivity contribution in [2.24, 2.45) is 0 Å². The molecule has 1 aliphatic heterocycles. The van der Waals surface area contributed by atoms with Crippen LogP contribution in [0.15, 0.2) is 54.9 Å². The monoisotopic (exact) mass is 348 g/mol. The maximum absolute atomic E-state index is 5.96. The normalized spacial score (nSPS) is 14.8. The molecule has 23 heavy (non-hydrogen) atoms. The molecule has 1 saturated heterocycles. The summed E-state index contributed by atoms with van der Waals surface area (Å²) in [6.45, 7) is 3.94. The first kappa shape index (κ1) is 16.0. The summed E-state index contributed by atoms with van der Waals surface area (Å²) in [5.41, 5.74) is 2.27. The molecule has 1 aromatic carbocycles. The zero-order chi connectivity index (χ0) is 14.9. The van der Waals surface area contributed by atoms with Crippen LogP contribution in [0.5, 0.6) is 0 Å². The number of benzene rings is 1. The van der Waals surface area contributed by atoms with Crippen molar-refractivity contribution < 1.29 is 0 Å². The van der Waals surface area contributed by atoms with Gasteiger partial charge in [0.2, 0.25) is 0 Å². The van der Waals surface area contributed by atoms with Gasteiger partial charge < -0.3 is 9.91 Å². The third-order valence-corrected chi connectivity index (χ3v) is 4.43. The van der Waals surface area contributed by atoms with Gasteiger partial charge >= 0.3 is 0 Å². The van der Waals surface area contributed by atoms with Crippen molar-refractivity contribution in [1.82, 2.24) is 9.66 Å². The Kier molecular flexibility index (Phi) is 4.64. The van der Waals surface area contributed by atoms with E-state index < -0.39 is 0 Å². The second-order valence-electron chi connectivity index (χ2n) is 5.49. The number of aromatic nitrogens is 2. The first-order valence-electron chi connectivity index (χ1n) is 7.49. The molecule has 2 aromatic heterocycles. The van der Waals surface area contributed by atoms with Gasteiger partial charge in [-0.05, 0) is 42.5 Å². The summed E-state index contributed by atoms with van der Waals surface area (Å²) in [6.07, 6.45) is 3.96. The van der Waals surface area contributed by atoms with Crippen molar-refractivity contribution in [2.45, 2.75) is 0 Å². The molecule has 0 atom stereocenters. The van der Waals surface area contributed by atoms with Crippen LogP contribution in [-0.4, -0.2) is 35.8 Å². The van der Waals surface area contributed by atoms with Crippen molar-refractivity contribution in [1.29, 1.82) is 0 Å². The highest BCUT2D eigenvalue weighted by Gasteiger charge is 2.18. The van der Waals surface area contributed by atoms with Crippen molar-refractivity contribution in [2.75, 3.05) is 36.1 Å². The summed E-state index contributed by atoms with van der Waals surface area (Å²) in [7, 11) is 0. The second-order valence-corrected chi connectivity index (χ2v) is 5.93. The Morgan fingerprint density at radius 3 is 2.39 bits per heavy atom. The van der Waals surface area contributed by atoms with Gasteiger partial charge in [0.05, 0.1) is 13.1 Å². The van der Waals surface area contributed by atoms with Gasteiger partial charge in [0.15, 0.2) is 5.65 Å². The van der Waals surface area contributed by atoms with E-state index in [4.69, 9.17) is 11.6 Å². The smallest absolute Gasteiger partial charge is 0.158 e. The van der Waals surface area contributed by atoms with Gasteiger partial charge in [-0.25, -0.2) is 9.66 Å². The minimum Gasteiger partial charge on any atom is -0.368 e. The second kappa shape index (κ2) is 6.69. The molecular weight excluding hydrogens is 331 g/mol. The molecular formula is C17H18Cl2N4. The van der Waals surface area contributed by atoms with E-state index in [1.165, 1.54) is 11.1 Å². The van der Waals surface area contributed by atoms with Crippen molar-refractivity contribution in [3.8, 4) is 0 Å². The fraction of sp³-hybridized carbons (Fsp3) is 0.235. The average molecular weight is 349 g/mol. The molecule has 6 heteroatoms. The van der Waals surface area contributed by atoms with E-state index >= 15 is 0 Å². The van der Waals surface area contributed by atoms with Gasteiger partial charge in [-0.2, -0.15) is 0 Å². The minimum atomic E-state index is 0. The largest absolute Gasteiger partial charge is 0.368 e. The lowest BCUT2D eigenvalue weighted by molar-refractivity contribution is 0.537. The Bertz CT molecular complexity index is 777. The van der Waals surface area contributed by atoms with Crippen LogP contribution in [-0.2, 0) is 0 Å². The van der Waals surface area contributed by atoms with Crippen LogP contribution in [0.3, 0.4) is 0 Å². The predicted octanol–water partition coefficient (Wildman–Crippen LogP) is 3.57. The Hall–Kier alpha value is -1.91. The van der Waals surface area contributed by atoms with Gasteiger partial charge in [0.25, 0.3) is 0 Å². The summed E-state index contributed by atoms with van der Waals surface area (Å²) >= 11 is 5.96. The maximum atomic E-state index is 5.96. The quantitative estimate of drug-likeness (QED) is 0.707. The molecule has 0 radical (unpaired) electrons. The summed E-state index contributed by atoms with van der Waals surface area (Å²) in [5, 5.41) is 4.32. The molecule has 0 amide bonds. The van der Waals surface area contributed by atoms with E-state index in [1.807, 2.05) is 24.4 Å². The average Bonchev–Trinajstić information content (AvgIpc) is 3.00. The Labute approximate surface area is 146 Å². The number of nitrogens with zero attached hydrogens (tertiary/aromatic N) is 4. The molecule has 1 aliphatic rings. The number of halogens is 2. The van der Waals surface area contributed by atoms with Crippen molar-refractivity contribution in [3.05, 3.63) is 59.9 Å². The molecule has 1 fully saturated rings. The summed E-state index contributed by atoms with van der Waals surface area (Å²) in [6, 6.07) is 14.3. The van der Waals surface area contributed by atoms with Crippen LogP contribution in [0.1, 0.15) is 0 Å². The molecule has 0 N–H and O–H groups in total. The molecule has 3 heterocycles. The van der Waals surface area contributed by atoms with Crippen LogP contribution >= 0.6 is 24.0 Å². The fourth-order valence-electron chi connectivity index (χ4n) is 3.00. The molecule has 0 bridgehead atoms. The SMILES string of the molecule is Cl.Clc1ccc(N2CCN(n3ccc4cccnc43)CC2)cc1. The number of fused-ring (bicyclic) bond motifs is 1. The van der Waals surface area contributed by atoms with Crippen LogP contribution in [0, 0.1) is 0 Å². The first-order valence-corrected chi connectivity index (χ1v) is 7.87. The minimum absolute atomic E-state index is 0. The zero-order valence-electron chi connectivity index (χ0n) is 12.6. The number of hydrogen-bond acceptors (Lipinski definition) is 3. The van der Waals surface area contributed by atoms with E-state index in [9.17, 15) is 0 Å². The number of hydrogen-bond donors (Lipinski definition) is 0. The Balaban J connectivity index is 0.00000156. The number of rotatable bonds is 2. The maximum Gasteiger partial charge on any atom is 0.158 e. The van der Waals surface area contributed by atoms with Gasteiger partial charge in [-0.15, -0.1) is 12.4 Å². The summed E-state index contributed by atoms with van der Waals surface area (Å²) in [4.78, 5) is 6.89. The molecule has 0 aliphatic carbocycles. The highest BCUT2D eigenvalue weighted by Crippen LogP contribution is 2.20. The van der Waals surface area contributed by atoms with Gasteiger partial charge in [0, 0.05) is 41.6 Å². The van der Waals surface area contributed by atoms with Crippen molar-refractivity contribution in [3.63, 3.8) is 0 Å². The Morgan fingerprint density at radius 1 is 0.913 bits per heavy atom. The number of anilines is 1. The molecule has 0 spiro atoms. The molecule has 3 aromatic rings. The van der Waals surface area contributed by atoms with Crippen LogP contribution in [0.2, 0.25) is 5.02 Å². The fourth-order valence-corrected chi connectivity index (χ4v) is 3.13. The van der Waals surface area contributed by atoms with Crippen LogP contribution in [0.25, 0.3) is 11.0 Å². The molecule has 4 rings (SSSR count). The number of pyridine rings is 1. The Morgan fingerprint density at radius 2 is 1.65 bits per heavy atom. The number of piperazine rings is 1. The van der Waals surface area contributed by atoms with Crippen LogP contribution < -0.4 is 9.91 Å².